The highest BCUT2D eigenvalue weighted by atomic mass is 32.2. The maximum atomic E-state index is 12.5. The molecule has 33 heavy (non-hydrogen) atoms. The lowest BCUT2D eigenvalue weighted by molar-refractivity contribution is 0.0697. The average Bonchev–Trinajstić information content (AvgIpc) is 3.21. The fraction of sp³-hybridized carbons (Fsp3) is 0.320. The Bertz CT molecular complexity index is 1230. The van der Waals surface area contributed by atoms with Gasteiger partial charge in [0.25, 0.3) is 0 Å². The van der Waals surface area contributed by atoms with Crippen LogP contribution in [0, 0.1) is 20.8 Å². The van der Waals surface area contributed by atoms with Crippen molar-refractivity contribution in [3.63, 3.8) is 0 Å². The van der Waals surface area contributed by atoms with E-state index in [1.54, 1.807) is 37.3 Å². The van der Waals surface area contributed by atoms with Crippen LogP contribution in [0.15, 0.2) is 58.0 Å². The molecule has 0 aliphatic heterocycles. The van der Waals surface area contributed by atoms with Crippen LogP contribution in [0.25, 0.3) is 0 Å². The second-order valence-electron chi connectivity index (χ2n) is 8.15. The lowest BCUT2D eigenvalue weighted by Gasteiger charge is -2.24. The third-order valence-corrected chi connectivity index (χ3v) is 7.17. The van der Waals surface area contributed by atoms with Crippen LogP contribution < -0.4 is 9.64 Å². The molecular formula is C25H29NO6S. The highest BCUT2D eigenvalue weighted by Gasteiger charge is 2.19. The molecule has 0 aliphatic rings. The lowest BCUT2D eigenvalue weighted by atomic mass is 10.1. The summed E-state index contributed by atoms with van der Waals surface area (Å²) in [6.45, 7) is 6.55. The Balaban J connectivity index is 1.68. The van der Waals surface area contributed by atoms with E-state index in [1.807, 2.05) is 37.9 Å². The van der Waals surface area contributed by atoms with E-state index in [9.17, 15) is 13.2 Å². The van der Waals surface area contributed by atoms with E-state index in [4.69, 9.17) is 14.3 Å². The van der Waals surface area contributed by atoms with Crippen molar-refractivity contribution < 1.29 is 27.5 Å². The summed E-state index contributed by atoms with van der Waals surface area (Å²) in [5.41, 5.74) is 4.14. The third kappa shape index (κ3) is 6.16. The Morgan fingerprint density at radius 2 is 1.70 bits per heavy atom. The molecule has 0 spiro atoms. The molecular weight excluding hydrogens is 442 g/mol. The maximum absolute atomic E-state index is 12.5. The lowest BCUT2D eigenvalue weighted by Crippen LogP contribution is -2.22. The van der Waals surface area contributed by atoms with Crippen molar-refractivity contribution in [2.45, 2.75) is 38.9 Å². The van der Waals surface area contributed by atoms with E-state index in [0.717, 1.165) is 22.4 Å². The fourth-order valence-electron chi connectivity index (χ4n) is 3.39. The first-order chi connectivity index (χ1) is 15.6. The summed E-state index contributed by atoms with van der Waals surface area (Å²) >= 11 is 0. The van der Waals surface area contributed by atoms with Gasteiger partial charge in [0.1, 0.15) is 18.1 Å². The Morgan fingerprint density at radius 3 is 2.30 bits per heavy atom. The molecule has 0 saturated heterocycles. The smallest absolute Gasteiger partial charge is 0.335 e. The van der Waals surface area contributed by atoms with Crippen molar-refractivity contribution in [3.8, 4) is 5.75 Å². The second-order valence-corrected chi connectivity index (χ2v) is 10.2. The number of anilines is 1. The van der Waals surface area contributed by atoms with E-state index in [-0.39, 0.29) is 23.0 Å². The van der Waals surface area contributed by atoms with Crippen LogP contribution in [0.5, 0.6) is 5.75 Å². The molecule has 3 rings (SSSR count). The standard InChI is InChI=1S/C25H29NO6S/c1-17-14-22(26(4)12-5-13-33(29,30)24-11-6-19(3)32-24)23(15-18(17)2)31-16-20-7-9-21(10-8-20)25(27)28/h6-11,14-15H,5,12-13,16H2,1-4H3,(H,27,28). The molecule has 1 N–H and O–H groups in total. The highest BCUT2D eigenvalue weighted by Crippen LogP contribution is 2.32. The molecule has 2 aromatic carbocycles. The van der Waals surface area contributed by atoms with E-state index >= 15 is 0 Å². The number of hydrogen-bond donors (Lipinski definition) is 1. The summed E-state index contributed by atoms with van der Waals surface area (Å²) in [5, 5.41) is 9.05. The van der Waals surface area contributed by atoms with Crippen molar-refractivity contribution >= 4 is 21.5 Å². The minimum absolute atomic E-state index is 0.00627. The van der Waals surface area contributed by atoms with Crippen LogP contribution in [0.3, 0.4) is 0 Å². The van der Waals surface area contributed by atoms with Crippen LogP contribution in [-0.2, 0) is 16.4 Å². The quantitative estimate of drug-likeness (QED) is 0.454. The van der Waals surface area contributed by atoms with Gasteiger partial charge in [-0.3, -0.25) is 0 Å². The number of hydrogen-bond acceptors (Lipinski definition) is 6. The minimum Gasteiger partial charge on any atom is -0.487 e. The normalized spacial score (nSPS) is 11.4. The average molecular weight is 472 g/mol. The SMILES string of the molecule is Cc1ccc(S(=O)(=O)CCCN(C)c2cc(C)c(C)cc2OCc2ccc(C(=O)O)cc2)o1. The number of rotatable bonds is 10. The molecule has 0 bridgehead atoms. The summed E-state index contributed by atoms with van der Waals surface area (Å²) in [6, 6.07) is 13.7. The number of ether oxygens (including phenoxy) is 1. The molecule has 0 aliphatic carbocycles. The molecule has 1 heterocycles. The van der Waals surface area contributed by atoms with Crippen molar-refractivity contribution in [3.05, 3.63) is 76.5 Å². The van der Waals surface area contributed by atoms with E-state index < -0.39 is 15.8 Å². The maximum Gasteiger partial charge on any atom is 0.335 e. The van der Waals surface area contributed by atoms with Gasteiger partial charge in [-0.1, -0.05) is 12.1 Å². The van der Waals surface area contributed by atoms with E-state index in [2.05, 4.69) is 0 Å². The molecule has 8 heteroatoms. The Kier molecular flexibility index (Phi) is 7.48. The molecule has 1 aromatic heterocycles. The number of nitrogens with zero attached hydrogens (tertiary/aromatic N) is 1. The van der Waals surface area contributed by atoms with Crippen LogP contribution in [-0.4, -0.2) is 38.8 Å². The Labute approximate surface area is 194 Å². The van der Waals surface area contributed by atoms with Gasteiger partial charge in [0.15, 0.2) is 0 Å². The third-order valence-electron chi connectivity index (χ3n) is 5.51. The number of carbonyl (C=O) groups is 1. The number of carboxylic acid groups (broad SMARTS) is 1. The number of sulfone groups is 1. The predicted molar refractivity (Wildman–Crippen MR) is 127 cm³/mol. The van der Waals surface area contributed by atoms with Crippen molar-refractivity contribution in [2.75, 3.05) is 24.2 Å². The molecule has 7 nitrogen and oxygen atoms in total. The number of carboxylic acids is 1. The van der Waals surface area contributed by atoms with E-state index in [0.29, 0.717) is 24.5 Å². The molecule has 176 valence electrons. The van der Waals surface area contributed by atoms with E-state index in [1.165, 1.54) is 6.07 Å². The monoisotopic (exact) mass is 471 g/mol. The summed E-state index contributed by atoms with van der Waals surface area (Å²) in [4.78, 5) is 13.0. The topological polar surface area (TPSA) is 97.0 Å². The summed E-state index contributed by atoms with van der Waals surface area (Å²) in [5.74, 6) is 0.277. The first-order valence-electron chi connectivity index (χ1n) is 10.6. The molecule has 0 fully saturated rings. The van der Waals surface area contributed by atoms with Gasteiger partial charge in [0.05, 0.1) is 17.0 Å². The van der Waals surface area contributed by atoms with Crippen molar-refractivity contribution in [2.24, 2.45) is 0 Å². The number of aromatic carboxylic acids is 1. The van der Waals surface area contributed by atoms with Gasteiger partial charge in [-0.2, -0.15) is 0 Å². The van der Waals surface area contributed by atoms with Gasteiger partial charge < -0.3 is 19.2 Å². The van der Waals surface area contributed by atoms with Crippen LogP contribution in [0.2, 0.25) is 0 Å². The van der Waals surface area contributed by atoms with Gasteiger partial charge in [-0.25, -0.2) is 13.2 Å². The number of benzene rings is 2. The summed E-state index contributed by atoms with van der Waals surface area (Å²) in [6.07, 6.45) is 0.432. The van der Waals surface area contributed by atoms with Gasteiger partial charge in [-0.15, -0.1) is 0 Å². The Hall–Kier alpha value is -3.26. The molecule has 0 unspecified atom stereocenters. The minimum atomic E-state index is -3.46. The van der Waals surface area contributed by atoms with Gasteiger partial charge >= 0.3 is 5.97 Å². The zero-order valence-electron chi connectivity index (χ0n) is 19.3. The Morgan fingerprint density at radius 1 is 1.03 bits per heavy atom. The zero-order valence-corrected chi connectivity index (χ0v) is 20.1. The molecule has 0 saturated carbocycles. The first-order valence-corrected chi connectivity index (χ1v) is 12.3. The predicted octanol–water partition coefficient (Wildman–Crippen LogP) is 4.78. The van der Waals surface area contributed by atoms with Gasteiger partial charge in [-0.05, 0) is 80.3 Å². The molecule has 0 amide bonds. The fourth-order valence-corrected chi connectivity index (χ4v) is 4.63. The second kappa shape index (κ2) is 10.1. The zero-order chi connectivity index (χ0) is 24.2. The van der Waals surface area contributed by atoms with Gasteiger partial charge in [0, 0.05) is 13.6 Å². The first kappa shape index (κ1) is 24.4. The van der Waals surface area contributed by atoms with Crippen LogP contribution in [0.1, 0.15) is 39.2 Å². The van der Waals surface area contributed by atoms with Gasteiger partial charge in [0.2, 0.25) is 14.9 Å². The molecule has 0 atom stereocenters. The van der Waals surface area contributed by atoms with Crippen molar-refractivity contribution in [1.82, 2.24) is 0 Å². The number of furan rings is 1. The van der Waals surface area contributed by atoms with Crippen molar-refractivity contribution in [1.29, 1.82) is 0 Å². The number of aryl methyl sites for hydroxylation is 3. The van der Waals surface area contributed by atoms with Crippen LogP contribution >= 0.6 is 0 Å². The summed E-state index contributed by atoms with van der Waals surface area (Å²) < 4.78 is 36.3. The summed E-state index contributed by atoms with van der Waals surface area (Å²) in [7, 11) is -1.56. The molecule has 0 radical (unpaired) electrons. The van der Waals surface area contributed by atoms with Crippen LogP contribution in [0.4, 0.5) is 5.69 Å². The highest BCUT2D eigenvalue weighted by molar-refractivity contribution is 7.91. The largest absolute Gasteiger partial charge is 0.487 e. The molecule has 3 aromatic rings.